The fraction of sp³-hybridized carbons (Fsp3) is 0. The van der Waals surface area contributed by atoms with Crippen LogP contribution in [0.4, 0.5) is 5.69 Å². The average Bonchev–Trinajstić information content (AvgIpc) is 2.34. The van der Waals surface area contributed by atoms with Gasteiger partial charge in [-0.15, -0.1) is 3.63 Å². The third-order valence-corrected chi connectivity index (χ3v) is 3.51. The van der Waals surface area contributed by atoms with Crippen LogP contribution in [0.5, 0.6) is 0 Å². The maximum atomic E-state index is 10.6. The maximum absolute atomic E-state index is 10.6. The number of benzene rings is 2. The molecule has 0 amide bonds. The summed E-state index contributed by atoms with van der Waals surface area (Å²) in [6, 6.07) is 12.4. The van der Waals surface area contributed by atoms with Gasteiger partial charge in [-0.2, -0.15) is 16.8 Å². The summed E-state index contributed by atoms with van der Waals surface area (Å²) < 4.78 is 55.6. The molecule has 0 bridgehead atoms. The summed E-state index contributed by atoms with van der Waals surface area (Å²) in [4.78, 5) is 10.3. The SMILES string of the molecule is O=S(=O)(O)OS(=O)(=O)O.O=[N+]([O-])c1cccc2ccccc12. The zero-order chi connectivity index (χ0) is 17.0. The van der Waals surface area contributed by atoms with E-state index in [4.69, 9.17) is 9.11 Å². The largest absolute Gasteiger partial charge is 0.413 e. The Kier molecular flexibility index (Phi) is 5.51. The molecule has 0 atom stereocenters. The fourth-order valence-electron chi connectivity index (χ4n) is 1.48. The monoisotopic (exact) mass is 351 g/mol. The molecule has 0 spiro atoms. The standard InChI is InChI=1S/C10H7NO2.H2O7S2/c12-11(13)10-7-3-5-8-4-1-2-6-9(8)10;1-8(2,3)7-9(4,5)6/h1-7H;(H,1,2,3)(H,4,5,6). The molecule has 0 heterocycles. The first kappa shape index (κ1) is 17.9. The summed E-state index contributed by atoms with van der Waals surface area (Å²) in [7, 11) is -10.2. The Morgan fingerprint density at radius 1 is 0.909 bits per heavy atom. The van der Waals surface area contributed by atoms with Gasteiger partial charge in [0.25, 0.3) is 5.69 Å². The minimum absolute atomic E-state index is 0.165. The number of nitro groups is 1. The molecule has 2 aromatic rings. The molecule has 22 heavy (non-hydrogen) atoms. The summed E-state index contributed by atoms with van der Waals surface area (Å²) in [6.45, 7) is 0. The van der Waals surface area contributed by atoms with Crippen LogP contribution in [0, 0.1) is 10.1 Å². The molecule has 0 aliphatic carbocycles. The number of nitro benzene ring substituents is 1. The molecule has 0 fully saturated rings. The van der Waals surface area contributed by atoms with Gasteiger partial charge in [-0.3, -0.25) is 19.2 Å². The lowest BCUT2D eigenvalue weighted by molar-refractivity contribution is -0.383. The lowest BCUT2D eigenvalue weighted by atomic mass is 10.1. The Morgan fingerprint density at radius 2 is 1.41 bits per heavy atom. The Bertz CT molecular complexity index is 854. The van der Waals surface area contributed by atoms with Crippen molar-refractivity contribution in [3.63, 3.8) is 0 Å². The number of rotatable bonds is 3. The second-order valence-electron chi connectivity index (χ2n) is 3.68. The minimum Gasteiger partial charge on any atom is -0.263 e. The van der Waals surface area contributed by atoms with Gasteiger partial charge in [-0.1, -0.05) is 30.3 Å². The molecule has 0 aromatic heterocycles. The highest BCUT2D eigenvalue weighted by atomic mass is 32.3. The predicted octanol–water partition coefficient (Wildman–Crippen LogP) is 1.36. The first-order valence-corrected chi connectivity index (χ1v) is 8.01. The van der Waals surface area contributed by atoms with Crippen LogP contribution < -0.4 is 0 Å². The predicted molar refractivity (Wildman–Crippen MR) is 74.8 cm³/mol. The highest BCUT2D eigenvalue weighted by Gasteiger charge is 2.15. The molecule has 0 aliphatic rings. The van der Waals surface area contributed by atoms with Crippen LogP contribution in [0.1, 0.15) is 0 Å². The van der Waals surface area contributed by atoms with E-state index in [1.54, 1.807) is 18.2 Å². The van der Waals surface area contributed by atoms with Crippen molar-refractivity contribution in [2.45, 2.75) is 0 Å². The Balaban J connectivity index is 0.000000239. The van der Waals surface area contributed by atoms with E-state index in [0.717, 1.165) is 5.39 Å². The maximum Gasteiger partial charge on any atom is 0.413 e. The second-order valence-corrected chi connectivity index (χ2v) is 5.93. The van der Waals surface area contributed by atoms with Crippen molar-refractivity contribution in [1.82, 2.24) is 0 Å². The lowest BCUT2D eigenvalue weighted by Gasteiger charge is -1.97. The summed E-state index contributed by atoms with van der Waals surface area (Å²) in [5.74, 6) is 0. The van der Waals surface area contributed by atoms with Crippen LogP contribution in [0.2, 0.25) is 0 Å². The first-order chi connectivity index (χ1) is 9.99. The van der Waals surface area contributed by atoms with E-state index in [1.807, 2.05) is 18.2 Å². The topological polar surface area (TPSA) is 161 Å². The van der Waals surface area contributed by atoms with Gasteiger partial charge in [0, 0.05) is 6.07 Å². The van der Waals surface area contributed by atoms with Gasteiger partial charge in [-0.05, 0) is 11.5 Å². The smallest absolute Gasteiger partial charge is 0.263 e. The third-order valence-electron chi connectivity index (χ3n) is 2.14. The van der Waals surface area contributed by atoms with Gasteiger partial charge in [0.15, 0.2) is 0 Å². The van der Waals surface area contributed by atoms with Crippen LogP contribution in [0.25, 0.3) is 10.8 Å². The molecule has 0 aliphatic heterocycles. The highest BCUT2D eigenvalue weighted by Crippen LogP contribution is 2.24. The van der Waals surface area contributed by atoms with Crippen LogP contribution in [0.3, 0.4) is 0 Å². The zero-order valence-corrected chi connectivity index (χ0v) is 12.2. The van der Waals surface area contributed by atoms with Crippen molar-refractivity contribution in [3.8, 4) is 0 Å². The Morgan fingerprint density at radius 3 is 1.86 bits per heavy atom. The van der Waals surface area contributed by atoms with Crippen molar-refractivity contribution < 1.29 is 34.5 Å². The van der Waals surface area contributed by atoms with E-state index >= 15 is 0 Å². The summed E-state index contributed by atoms with van der Waals surface area (Å²) in [5.41, 5.74) is 0.165. The molecule has 2 aromatic carbocycles. The number of hydrogen-bond donors (Lipinski definition) is 2. The van der Waals surface area contributed by atoms with Crippen molar-refractivity contribution >= 4 is 37.3 Å². The second kappa shape index (κ2) is 6.76. The van der Waals surface area contributed by atoms with E-state index in [2.05, 4.69) is 3.63 Å². The van der Waals surface area contributed by atoms with E-state index in [1.165, 1.54) is 6.07 Å². The third kappa shape index (κ3) is 6.11. The lowest BCUT2D eigenvalue weighted by Crippen LogP contribution is -2.10. The van der Waals surface area contributed by atoms with E-state index in [-0.39, 0.29) is 10.6 Å². The normalized spacial score (nSPS) is 11.5. The number of non-ortho nitro benzene ring substituents is 1. The number of hydrogen-bond acceptors (Lipinski definition) is 7. The minimum atomic E-state index is -5.12. The van der Waals surface area contributed by atoms with Gasteiger partial charge < -0.3 is 0 Å². The molecular weight excluding hydrogens is 342 g/mol. The van der Waals surface area contributed by atoms with Crippen LogP contribution in [-0.4, -0.2) is 30.9 Å². The Labute approximate surface area is 125 Å². The van der Waals surface area contributed by atoms with Crippen molar-refractivity contribution in [3.05, 3.63) is 52.6 Å². The summed E-state index contributed by atoms with van der Waals surface area (Å²) in [6.07, 6.45) is 0. The number of fused-ring (bicyclic) bond motifs is 1. The van der Waals surface area contributed by atoms with E-state index < -0.39 is 20.8 Å². The molecule has 0 radical (unpaired) electrons. The van der Waals surface area contributed by atoms with Gasteiger partial charge >= 0.3 is 20.8 Å². The molecule has 120 valence electrons. The fourth-order valence-corrected chi connectivity index (χ4v) is 2.35. The molecule has 2 rings (SSSR count). The molecule has 12 heteroatoms. The van der Waals surface area contributed by atoms with Gasteiger partial charge in [-0.25, -0.2) is 0 Å². The van der Waals surface area contributed by atoms with E-state index in [0.29, 0.717) is 5.39 Å². The van der Waals surface area contributed by atoms with E-state index in [9.17, 15) is 26.9 Å². The molecule has 2 N–H and O–H groups in total. The summed E-state index contributed by atoms with van der Waals surface area (Å²) >= 11 is 0. The molecular formula is C10H9NO9S2. The van der Waals surface area contributed by atoms with Crippen LogP contribution in [0.15, 0.2) is 42.5 Å². The van der Waals surface area contributed by atoms with Crippen LogP contribution >= 0.6 is 0 Å². The van der Waals surface area contributed by atoms with Crippen molar-refractivity contribution in [2.75, 3.05) is 0 Å². The molecule has 0 saturated carbocycles. The molecule has 0 saturated heterocycles. The van der Waals surface area contributed by atoms with Crippen LogP contribution in [-0.2, 0) is 24.4 Å². The Hall–Kier alpha value is -2.12. The van der Waals surface area contributed by atoms with Gasteiger partial charge in [0.05, 0.1) is 10.3 Å². The van der Waals surface area contributed by atoms with Gasteiger partial charge in [0.1, 0.15) is 0 Å². The number of nitrogens with zero attached hydrogens (tertiary/aromatic N) is 1. The quantitative estimate of drug-likeness (QED) is 0.472. The van der Waals surface area contributed by atoms with Gasteiger partial charge in [0.2, 0.25) is 0 Å². The van der Waals surface area contributed by atoms with Crippen molar-refractivity contribution in [2.24, 2.45) is 0 Å². The highest BCUT2D eigenvalue weighted by molar-refractivity contribution is 7.94. The first-order valence-electron chi connectivity index (χ1n) is 5.28. The molecule has 0 unspecified atom stereocenters. The van der Waals surface area contributed by atoms with Crippen molar-refractivity contribution in [1.29, 1.82) is 0 Å². The molecule has 10 nitrogen and oxygen atoms in total. The average molecular weight is 351 g/mol. The zero-order valence-electron chi connectivity index (χ0n) is 10.6. The summed E-state index contributed by atoms with van der Waals surface area (Å²) in [5, 5.41) is 12.2.